The van der Waals surface area contributed by atoms with Gasteiger partial charge in [-0.2, -0.15) is 0 Å². The van der Waals surface area contributed by atoms with Crippen LogP contribution >= 0.6 is 11.6 Å². The second kappa shape index (κ2) is 6.64. The second-order valence-electron chi connectivity index (χ2n) is 4.86. The molecule has 0 aromatic heterocycles. The standard InChI is InChI=1S/C17H17ClO3/c1-11-4-5-12(2)14(6-11)10-21-17-13(9-19)7-15(18)8-16(17)20-3/h4-9H,10H2,1-3H3. The number of aldehydes is 1. The Kier molecular flexibility index (Phi) is 4.86. The molecule has 0 saturated carbocycles. The summed E-state index contributed by atoms with van der Waals surface area (Å²) in [6.07, 6.45) is 0.715. The van der Waals surface area contributed by atoms with Crippen molar-refractivity contribution < 1.29 is 14.3 Å². The van der Waals surface area contributed by atoms with E-state index in [9.17, 15) is 4.79 Å². The highest BCUT2D eigenvalue weighted by Gasteiger charge is 2.13. The fourth-order valence-corrected chi connectivity index (χ4v) is 2.30. The smallest absolute Gasteiger partial charge is 0.172 e. The molecule has 0 fully saturated rings. The third-order valence-corrected chi connectivity index (χ3v) is 3.49. The third kappa shape index (κ3) is 3.56. The third-order valence-electron chi connectivity index (χ3n) is 3.27. The number of hydrogen-bond donors (Lipinski definition) is 0. The molecule has 0 bridgehead atoms. The molecular formula is C17H17ClO3. The zero-order valence-corrected chi connectivity index (χ0v) is 13.0. The van der Waals surface area contributed by atoms with E-state index in [-0.39, 0.29) is 0 Å². The van der Waals surface area contributed by atoms with Gasteiger partial charge in [0.1, 0.15) is 6.61 Å². The van der Waals surface area contributed by atoms with Crippen molar-refractivity contribution in [1.82, 2.24) is 0 Å². The highest BCUT2D eigenvalue weighted by molar-refractivity contribution is 6.31. The van der Waals surface area contributed by atoms with Crippen molar-refractivity contribution in [3.63, 3.8) is 0 Å². The van der Waals surface area contributed by atoms with E-state index < -0.39 is 0 Å². The van der Waals surface area contributed by atoms with Gasteiger partial charge in [-0.25, -0.2) is 0 Å². The van der Waals surface area contributed by atoms with Gasteiger partial charge in [0.2, 0.25) is 0 Å². The summed E-state index contributed by atoms with van der Waals surface area (Å²) in [4.78, 5) is 11.2. The Bertz CT molecular complexity index is 665. The molecule has 0 unspecified atom stereocenters. The van der Waals surface area contributed by atoms with E-state index >= 15 is 0 Å². The number of hydrogen-bond acceptors (Lipinski definition) is 3. The van der Waals surface area contributed by atoms with Crippen LogP contribution < -0.4 is 9.47 Å². The van der Waals surface area contributed by atoms with Gasteiger partial charge in [0.15, 0.2) is 17.8 Å². The Morgan fingerprint density at radius 1 is 1.19 bits per heavy atom. The molecule has 4 heteroatoms. The highest BCUT2D eigenvalue weighted by atomic mass is 35.5. The van der Waals surface area contributed by atoms with Gasteiger partial charge < -0.3 is 9.47 Å². The molecule has 2 aromatic carbocycles. The summed E-state index contributed by atoms with van der Waals surface area (Å²) in [6, 6.07) is 9.37. The highest BCUT2D eigenvalue weighted by Crippen LogP contribution is 2.34. The summed E-state index contributed by atoms with van der Waals surface area (Å²) in [7, 11) is 1.52. The predicted octanol–water partition coefficient (Wildman–Crippen LogP) is 4.36. The molecule has 3 nitrogen and oxygen atoms in total. The van der Waals surface area contributed by atoms with E-state index in [1.807, 2.05) is 19.9 Å². The first kappa shape index (κ1) is 15.4. The van der Waals surface area contributed by atoms with Crippen LogP contribution in [-0.4, -0.2) is 13.4 Å². The van der Waals surface area contributed by atoms with E-state index in [4.69, 9.17) is 21.1 Å². The Morgan fingerprint density at radius 3 is 2.62 bits per heavy atom. The van der Waals surface area contributed by atoms with Crippen molar-refractivity contribution in [1.29, 1.82) is 0 Å². The molecule has 0 saturated heterocycles. The number of aryl methyl sites for hydroxylation is 2. The lowest BCUT2D eigenvalue weighted by molar-refractivity contribution is 0.111. The van der Waals surface area contributed by atoms with Crippen LogP contribution in [-0.2, 0) is 6.61 Å². The summed E-state index contributed by atoms with van der Waals surface area (Å²) in [5.41, 5.74) is 3.76. The summed E-state index contributed by atoms with van der Waals surface area (Å²) in [6.45, 7) is 4.42. The van der Waals surface area contributed by atoms with Crippen LogP contribution in [0, 0.1) is 13.8 Å². The first-order valence-electron chi connectivity index (χ1n) is 6.56. The lowest BCUT2D eigenvalue weighted by atomic mass is 10.1. The SMILES string of the molecule is COc1cc(Cl)cc(C=O)c1OCc1cc(C)ccc1C. The topological polar surface area (TPSA) is 35.5 Å². The normalized spacial score (nSPS) is 10.3. The Hall–Kier alpha value is -2.00. The Balaban J connectivity index is 2.31. The molecule has 0 atom stereocenters. The minimum Gasteiger partial charge on any atom is -0.493 e. The quantitative estimate of drug-likeness (QED) is 0.770. The molecule has 0 N–H and O–H groups in total. The van der Waals surface area contributed by atoms with Gasteiger partial charge >= 0.3 is 0 Å². The summed E-state index contributed by atoms with van der Waals surface area (Å²) in [5.74, 6) is 0.868. The van der Waals surface area contributed by atoms with Crippen LogP contribution in [0.2, 0.25) is 5.02 Å². The number of halogens is 1. The molecule has 2 rings (SSSR count). The first-order chi connectivity index (χ1) is 10.0. The predicted molar refractivity (Wildman–Crippen MR) is 83.6 cm³/mol. The number of rotatable bonds is 5. The fourth-order valence-electron chi connectivity index (χ4n) is 2.09. The average Bonchev–Trinajstić information content (AvgIpc) is 2.48. The maximum Gasteiger partial charge on any atom is 0.172 e. The lowest BCUT2D eigenvalue weighted by Crippen LogP contribution is -2.02. The number of carbonyl (C=O) groups is 1. The van der Waals surface area contributed by atoms with Crippen molar-refractivity contribution in [2.75, 3.05) is 7.11 Å². The molecule has 21 heavy (non-hydrogen) atoms. The largest absolute Gasteiger partial charge is 0.493 e. The molecule has 0 aliphatic carbocycles. The van der Waals surface area contributed by atoms with Gasteiger partial charge in [-0.15, -0.1) is 0 Å². The van der Waals surface area contributed by atoms with Crippen LogP contribution in [0.15, 0.2) is 30.3 Å². The number of benzene rings is 2. The van der Waals surface area contributed by atoms with Crippen molar-refractivity contribution >= 4 is 17.9 Å². The van der Waals surface area contributed by atoms with Gasteiger partial charge in [0.25, 0.3) is 0 Å². The van der Waals surface area contributed by atoms with E-state index in [0.29, 0.717) is 35.0 Å². The molecule has 0 heterocycles. The van der Waals surface area contributed by atoms with E-state index in [0.717, 1.165) is 16.7 Å². The molecule has 0 aliphatic rings. The lowest BCUT2D eigenvalue weighted by Gasteiger charge is -2.14. The van der Waals surface area contributed by atoms with Crippen LogP contribution in [0.5, 0.6) is 11.5 Å². The second-order valence-corrected chi connectivity index (χ2v) is 5.30. The fraction of sp³-hybridized carbons (Fsp3) is 0.235. The average molecular weight is 305 g/mol. The zero-order valence-electron chi connectivity index (χ0n) is 12.3. The van der Waals surface area contributed by atoms with Gasteiger partial charge in [0.05, 0.1) is 12.7 Å². The minimum absolute atomic E-state index is 0.367. The van der Waals surface area contributed by atoms with Gasteiger partial charge in [-0.1, -0.05) is 35.4 Å². The zero-order chi connectivity index (χ0) is 15.4. The summed E-state index contributed by atoms with van der Waals surface area (Å²) < 4.78 is 11.1. The van der Waals surface area contributed by atoms with E-state index in [2.05, 4.69) is 12.1 Å². The maximum atomic E-state index is 11.2. The minimum atomic E-state index is 0.367. The van der Waals surface area contributed by atoms with E-state index in [1.165, 1.54) is 7.11 Å². The molecule has 0 radical (unpaired) electrons. The van der Waals surface area contributed by atoms with Crippen molar-refractivity contribution in [3.05, 3.63) is 57.6 Å². The first-order valence-corrected chi connectivity index (χ1v) is 6.94. The van der Waals surface area contributed by atoms with Crippen molar-refractivity contribution in [2.24, 2.45) is 0 Å². The Morgan fingerprint density at radius 2 is 1.95 bits per heavy atom. The van der Waals surface area contributed by atoms with Gasteiger partial charge in [-0.3, -0.25) is 4.79 Å². The van der Waals surface area contributed by atoms with Crippen LogP contribution in [0.3, 0.4) is 0 Å². The number of carbonyl (C=O) groups excluding carboxylic acids is 1. The summed E-state index contributed by atoms with van der Waals surface area (Å²) >= 11 is 5.95. The monoisotopic (exact) mass is 304 g/mol. The van der Waals surface area contributed by atoms with Crippen LogP contribution in [0.4, 0.5) is 0 Å². The molecule has 0 spiro atoms. The number of methoxy groups -OCH3 is 1. The van der Waals surface area contributed by atoms with Crippen molar-refractivity contribution in [2.45, 2.75) is 20.5 Å². The summed E-state index contributed by atoms with van der Waals surface area (Å²) in [5, 5.41) is 0.438. The van der Waals surface area contributed by atoms with Gasteiger partial charge in [-0.05, 0) is 31.0 Å². The van der Waals surface area contributed by atoms with Crippen LogP contribution in [0.1, 0.15) is 27.0 Å². The number of ether oxygens (including phenoxy) is 2. The molecule has 0 amide bonds. The maximum absolute atomic E-state index is 11.2. The molecule has 110 valence electrons. The Labute approximate surface area is 129 Å². The van der Waals surface area contributed by atoms with E-state index in [1.54, 1.807) is 12.1 Å². The van der Waals surface area contributed by atoms with Crippen LogP contribution in [0.25, 0.3) is 0 Å². The van der Waals surface area contributed by atoms with Gasteiger partial charge in [0, 0.05) is 11.1 Å². The molecule has 2 aromatic rings. The molecular weight excluding hydrogens is 288 g/mol. The van der Waals surface area contributed by atoms with Crippen molar-refractivity contribution in [3.8, 4) is 11.5 Å². The molecule has 0 aliphatic heterocycles.